The second-order valence-corrected chi connectivity index (χ2v) is 8.86. The van der Waals surface area contributed by atoms with Crippen LogP contribution in [-0.4, -0.2) is 39.6 Å². The Balaban J connectivity index is 1.30. The molecule has 0 unspecified atom stereocenters. The number of benzene rings is 1. The molecule has 1 saturated heterocycles. The molecule has 156 valence electrons. The molecule has 7 heteroatoms. The Hall–Kier alpha value is -2.60. The van der Waals surface area contributed by atoms with Crippen molar-refractivity contribution in [1.82, 2.24) is 19.9 Å². The molecular weight excluding hydrogens is 398 g/mol. The van der Waals surface area contributed by atoms with Gasteiger partial charge in [-0.2, -0.15) is 0 Å². The topological polar surface area (TPSA) is 63.0 Å². The number of anilines is 1. The molecule has 30 heavy (non-hydrogen) atoms. The monoisotopic (exact) mass is 423 g/mol. The molecule has 0 spiro atoms. The van der Waals surface area contributed by atoms with Crippen molar-refractivity contribution >= 4 is 34.4 Å². The van der Waals surface area contributed by atoms with Gasteiger partial charge in [-0.3, -0.25) is 4.79 Å². The number of hydrogen-bond donors (Lipinski definition) is 1. The number of rotatable bonds is 4. The number of hydrogen-bond acceptors (Lipinski definition) is 4. The molecule has 3 aromatic rings. The van der Waals surface area contributed by atoms with E-state index >= 15 is 0 Å². The number of pyridine rings is 1. The summed E-state index contributed by atoms with van der Waals surface area (Å²) in [6, 6.07) is 10.2. The summed E-state index contributed by atoms with van der Waals surface area (Å²) in [5.74, 6) is 2.12. The third kappa shape index (κ3) is 3.54. The van der Waals surface area contributed by atoms with Gasteiger partial charge in [0.25, 0.3) is 0 Å². The Morgan fingerprint density at radius 3 is 2.70 bits per heavy atom. The minimum Gasteiger partial charge on any atom is -0.352 e. The first-order valence-electron chi connectivity index (χ1n) is 10.7. The summed E-state index contributed by atoms with van der Waals surface area (Å²) in [4.78, 5) is 23.9. The van der Waals surface area contributed by atoms with Gasteiger partial charge in [0, 0.05) is 37.8 Å². The molecule has 0 bridgehead atoms. The van der Waals surface area contributed by atoms with Crippen molar-refractivity contribution in [3.63, 3.8) is 0 Å². The van der Waals surface area contributed by atoms with Gasteiger partial charge in [-0.15, -0.1) is 0 Å². The summed E-state index contributed by atoms with van der Waals surface area (Å²) >= 11 is 6.49. The van der Waals surface area contributed by atoms with Crippen molar-refractivity contribution in [2.45, 2.75) is 38.1 Å². The molecule has 1 aliphatic carbocycles. The Morgan fingerprint density at radius 1 is 1.17 bits per heavy atom. The van der Waals surface area contributed by atoms with E-state index in [9.17, 15) is 4.79 Å². The van der Waals surface area contributed by atoms with E-state index in [-0.39, 0.29) is 17.9 Å². The number of halogens is 1. The summed E-state index contributed by atoms with van der Waals surface area (Å²) in [7, 11) is 2.00. The van der Waals surface area contributed by atoms with E-state index in [0.29, 0.717) is 5.02 Å². The van der Waals surface area contributed by atoms with Crippen molar-refractivity contribution in [3.8, 4) is 11.4 Å². The number of fused-ring (bicyclic) bond motifs is 1. The van der Waals surface area contributed by atoms with Gasteiger partial charge in [-0.25, -0.2) is 9.97 Å². The predicted molar refractivity (Wildman–Crippen MR) is 120 cm³/mol. The van der Waals surface area contributed by atoms with Gasteiger partial charge in [0.15, 0.2) is 0 Å². The van der Waals surface area contributed by atoms with Gasteiger partial charge < -0.3 is 14.8 Å². The van der Waals surface area contributed by atoms with Crippen LogP contribution in [0.25, 0.3) is 22.4 Å². The molecule has 1 N–H and O–H groups in total. The van der Waals surface area contributed by atoms with Crippen LogP contribution in [0.3, 0.4) is 0 Å². The Bertz CT molecular complexity index is 1080. The normalized spacial score (nSPS) is 17.9. The van der Waals surface area contributed by atoms with Gasteiger partial charge in [0.2, 0.25) is 5.91 Å². The first-order chi connectivity index (χ1) is 14.6. The van der Waals surface area contributed by atoms with Crippen LogP contribution in [0.5, 0.6) is 0 Å². The van der Waals surface area contributed by atoms with E-state index in [4.69, 9.17) is 16.6 Å². The van der Waals surface area contributed by atoms with E-state index in [1.54, 1.807) is 6.20 Å². The predicted octanol–water partition coefficient (Wildman–Crippen LogP) is 4.17. The molecule has 1 amide bonds. The minimum absolute atomic E-state index is 0.191. The van der Waals surface area contributed by atoms with E-state index in [1.165, 1.54) is 19.3 Å². The molecule has 2 fully saturated rings. The number of para-hydroxylation sites is 2. The van der Waals surface area contributed by atoms with Crippen molar-refractivity contribution in [2.75, 3.05) is 18.0 Å². The van der Waals surface area contributed by atoms with Crippen molar-refractivity contribution in [2.24, 2.45) is 13.0 Å². The zero-order valence-corrected chi connectivity index (χ0v) is 17.9. The maximum atomic E-state index is 12.5. The minimum atomic E-state index is 0.191. The summed E-state index contributed by atoms with van der Waals surface area (Å²) < 4.78 is 2.06. The largest absolute Gasteiger partial charge is 0.352 e. The van der Waals surface area contributed by atoms with Crippen LogP contribution >= 0.6 is 11.6 Å². The second kappa shape index (κ2) is 7.91. The quantitative estimate of drug-likeness (QED) is 0.684. The molecule has 0 radical (unpaired) electrons. The average Bonchev–Trinajstić information content (AvgIpc) is 3.08. The average molecular weight is 424 g/mol. The Labute approximate surface area is 181 Å². The zero-order chi connectivity index (χ0) is 20.7. The Morgan fingerprint density at radius 2 is 1.93 bits per heavy atom. The molecule has 1 aromatic carbocycles. The summed E-state index contributed by atoms with van der Waals surface area (Å²) in [6.45, 7) is 1.55. The van der Waals surface area contributed by atoms with Crippen LogP contribution in [0, 0.1) is 5.92 Å². The highest BCUT2D eigenvalue weighted by molar-refractivity contribution is 6.33. The smallest absolute Gasteiger partial charge is 0.223 e. The molecule has 3 heterocycles. The molecule has 2 aromatic heterocycles. The number of aromatic nitrogens is 3. The number of nitrogens with zero attached hydrogens (tertiary/aromatic N) is 4. The molecule has 1 aliphatic heterocycles. The van der Waals surface area contributed by atoms with Crippen LogP contribution in [0.1, 0.15) is 32.1 Å². The summed E-state index contributed by atoms with van der Waals surface area (Å²) in [5.41, 5.74) is 2.88. The summed E-state index contributed by atoms with van der Waals surface area (Å²) in [5, 5.41) is 3.80. The second-order valence-electron chi connectivity index (χ2n) is 8.45. The molecule has 1 saturated carbocycles. The van der Waals surface area contributed by atoms with E-state index < -0.39 is 0 Å². The van der Waals surface area contributed by atoms with E-state index in [0.717, 1.165) is 54.2 Å². The maximum absolute atomic E-state index is 12.5. The van der Waals surface area contributed by atoms with Gasteiger partial charge in [0.1, 0.15) is 11.6 Å². The fourth-order valence-electron chi connectivity index (χ4n) is 4.60. The van der Waals surface area contributed by atoms with Gasteiger partial charge >= 0.3 is 0 Å². The standard InChI is InChI=1S/C23H26ClN5O/c1-28-20-10-6-5-9-19(20)27-22(28)17-11-21(25-12-18(17)24)29-13-16(14-29)26-23(30)15-7-3-2-4-8-15/h5-6,9-12,15-16H,2-4,7-8,13-14H2,1H3,(H,26,30). The molecular formula is C23H26ClN5O. The summed E-state index contributed by atoms with van der Waals surface area (Å²) in [6.07, 6.45) is 7.37. The Kier molecular flexibility index (Phi) is 5.11. The molecule has 6 nitrogen and oxygen atoms in total. The highest BCUT2D eigenvalue weighted by atomic mass is 35.5. The number of carbonyl (C=O) groups excluding carboxylic acids is 1. The van der Waals surface area contributed by atoms with Crippen molar-refractivity contribution in [3.05, 3.63) is 41.6 Å². The number of carbonyl (C=O) groups is 1. The molecule has 2 aliphatic rings. The highest BCUT2D eigenvalue weighted by Crippen LogP contribution is 2.33. The lowest BCUT2D eigenvalue weighted by atomic mass is 9.88. The third-order valence-electron chi connectivity index (χ3n) is 6.40. The van der Waals surface area contributed by atoms with Crippen LogP contribution in [0.4, 0.5) is 5.82 Å². The van der Waals surface area contributed by atoms with Crippen LogP contribution in [-0.2, 0) is 11.8 Å². The molecule has 5 rings (SSSR count). The van der Waals surface area contributed by atoms with Gasteiger partial charge in [0.05, 0.1) is 22.1 Å². The third-order valence-corrected chi connectivity index (χ3v) is 6.70. The van der Waals surface area contributed by atoms with Gasteiger partial charge in [-0.05, 0) is 31.0 Å². The fourth-order valence-corrected chi connectivity index (χ4v) is 4.79. The molecule has 0 atom stereocenters. The maximum Gasteiger partial charge on any atom is 0.223 e. The van der Waals surface area contributed by atoms with Crippen LogP contribution in [0.15, 0.2) is 36.5 Å². The van der Waals surface area contributed by atoms with Crippen LogP contribution in [0.2, 0.25) is 5.02 Å². The van der Waals surface area contributed by atoms with E-state index in [1.807, 2.05) is 31.3 Å². The first-order valence-corrected chi connectivity index (χ1v) is 11.1. The number of imidazole rings is 1. The SMILES string of the molecule is Cn1c(-c2cc(N3CC(NC(=O)C4CCCCC4)C3)ncc2Cl)nc2ccccc21. The van der Waals surface area contributed by atoms with Gasteiger partial charge in [-0.1, -0.05) is 43.0 Å². The number of nitrogens with one attached hydrogen (secondary N) is 1. The van der Waals surface area contributed by atoms with Crippen molar-refractivity contribution in [1.29, 1.82) is 0 Å². The van der Waals surface area contributed by atoms with Crippen molar-refractivity contribution < 1.29 is 4.79 Å². The lowest BCUT2D eigenvalue weighted by Crippen LogP contribution is -2.60. The fraction of sp³-hybridized carbons (Fsp3) is 0.435. The lowest BCUT2D eigenvalue weighted by Gasteiger charge is -2.41. The van der Waals surface area contributed by atoms with Crippen LogP contribution < -0.4 is 10.2 Å². The number of amides is 1. The lowest BCUT2D eigenvalue weighted by molar-refractivity contribution is -0.126. The zero-order valence-electron chi connectivity index (χ0n) is 17.1. The highest BCUT2D eigenvalue weighted by Gasteiger charge is 2.32. The van der Waals surface area contributed by atoms with E-state index in [2.05, 4.69) is 25.8 Å². The first kappa shape index (κ1) is 19.4. The number of aryl methyl sites for hydroxylation is 1.